The summed E-state index contributed by atoms with van der Waals surface area (Å²) in [7, 11) is 0. The van der Waals surface area contributed by atoms with Gasteiger partial charge in [-0.05, 0) is 166 Å². The maximum atomic E-state index is 6.60. The van der Waals surface area contributed by atoms with Crippen LogP contribution in [0.15, 0.2) is 194 Å². The fraction of sp³-hybridized carbons (Fsp3) is 0.127. The molecule has 70 heavy (non-hydrogen) atoms. The van der Waals surface area contributed by atoms with Gasteiger partial charge in [0.1, 0.15) is 86.5 Å². The van der Waals surface area contributed by atoms with Crippen molar-refractivity contribution in [1.29, 1.82) is 0 Å². The summed E-state index contributed by atoms with van der Waals surface area (Å²) in [6.07, 6.45) is 0. The zero-order valence-electron chi connectivity index (χ0n) is 36.8. The van der Waals surface area contributed by atoms with Crippen molar-refractivity contribution in [2.45, 2.75) is 46.2 Å². The molecule has 8 rings (SSSR count). The van der Waals surface area contributed by atoms with Gasteiger partial charge in [0.05, 0.1) is 0 Å². The minimum atomic E-state index is 0.253. The molecular formula is C55H40Br8O7. The monoisotopic (exact) mass is 1440 g/mol. The van der Waals surface area contributed by atoms with E-state index in [4.69, 9.17) is 33.2 Å². The van der Waals surface area contributed by atoms with Crippen molar-refractivity contribution in [2.75, 3.05) is 0 Å². The summed E-state index contributed by atoms with van der Waals surface area (Å²) in [6.45, 7) is 2.14. The largest absolute Gasteiger partial charge is 0.489 e. The smallest absolute Gasteiger partial charge is 0.122 e. The first-order valence-corrected chi connectivity index (χ1v) is 27.8. The lowest BCUT2D eigenvalue weighted by atomic mass is 10.1. The van der Waals surface area contributed by atoms with Gasteiger partial charge >= 0.3 is 0 Å². The van der Waals surface area contributed by atoms with Crippen LogP contribution in [0.4, 0.5) is 0 Å². The fourth-order valence-electron chi connectivity index (χ4n) is 7.12. The highest BCUT2D eigenvalue weighted by molar-refractivity contribution is 9.12. The van der Waals surface area contributed by atoms with E-state index in [2.05, 4.69) is 146 Å². The van der Waals surface area contributed by atoms with Gasteiger partial charge in [-0.2, -0.15) is 0 Å². The van der Waals surface area contributed by atoms with E-state index in [1.165, 1.54) is 0 Å². The molecule has 0 amide bonds. The van der Waals surface area contributed by atoms with E-state index in [-0.39, 0.29) is 13.2 Å². The molecule has 0 fully saturated rings. The Morgan fingerprint density at radius 3 is 0.600 bits per heavy atom. The third kappa shape index (κ3) is 16.9. The number of halogens is 8. The minimum Gasteiger partial charge on any atom is -0.489 e. The Morgan fingerprint density at radius 2 is 0.386 bits per heavy atom. The van der Waals surface area contributed by atoms with Crippen LogP contribution in [-0.2, 0) is 46.2 Å². The van der Waals surface area contributed by atoms with Gasteiger partial charge in [-0.25, -0.2) is 0 Å². The molecule has 0 atom stereocenters. The van der Waals surface area contributed by atoms with Gasteiger partial charge in [0, 0.05) is 35.8 Å². The van der Waals surface area contributed by atoms with Crippen LogP contribution in [0.2, 0.25) is 0 Å². The van der Waals surface area contributed by atoms with Gasteiger partial charge in [0.15, 0.2) is 0 Å². The van der Waals surface area contributed by atoms with Gasteiger partial charge in [0.2, 0.25) is 0 Å². The minimum absolute atomic E-state index is 0.253. The highest BCUT2D eigenvalue weighted by atomic mass is 79.9. The summed E-state index contributed by atoms with van der Waals surface area (Å²) < 4.78 is 51.9. The number of rotatable bonds is 21. The van der Waals surface area contributed by atoms with E-state index in [9.17, 15) is 0 Å². The molecule has 0 spiro atoms. The van der Waals surface area contributed by atoms with Crippen molar-refractivity contribution < 1.29 is 33.2 Å². The van der Waals surface area contributed by atoms with Crippen LogP contribution in [0.1, 0.15) is 38.9 Å². The Labute approximate surface area is 474 Å². The van der Waals surface area contributed by atoms with Crippen LogP contribution in [-0.4, -0.2) is 0 Å². The lowest BCUT2D eigenvalue weighted by Crippen LogP contribution is -2.05. The van der Waals surface area contributed by atoms with Crippen LogP contribution >= 0.6 is 127 Å². The molecule has 7 nitrogen and oxygen atoms in total. The molecule has 358 valence electrons. The SMILES string of the molecule is Brc1cc(Br)cc(OCc2cc(COc3cc(Br)cc(Br)c3)cc(OCc3cc(COc4cc(COc5cc(Br)cc(Br)c5)cc(COc5cc(Br)cc(Br)c5)c4)cc(OCc4ccccc4)c3)c2)c1. The first-order valence-electron chi connectivity index (χ1n) is 21.5. The maximum absolute atomic E-state index is 6.60. The molecule has 15 heteroatoms. The lowest BCUT2D eigenvalue weighted by molar-refractivity contribution is 0.281. The summed E-state index contributed by atoms with van der Waals surface area (Å²) in [4.78, 5) is 0. The van der Waals surface area contributed by atoms with E-state index in [1.807, 2.05) is 140 Å². The van der Waals surface area contributed by atoms with Gasteiger partial charge in [-0.15, -0.1) is 0 Å². The zero-order valence-corrected chi connectivity index (χ0v) is 49.5. The van der Waals surface area contributed by atoms with E-state index in [0.717, 1.165) is 97.7 Å². The summed E-state index contributed by atoms with van der Waals surface area (Å²) in [6, 6.07) is 51.6. The second-order valence-corrected chi connectivity index (χ2v) is 23.2. The molecule has 0 aliphatic carbocycles. The predicted molar refractivity (Wildman–Crippen MR) is 303 cm³/mol. The Hall–Kier alpha value is -3.80. The predicted octanol–water partition coefficient (Wildman–Crippen LogP) is 18.8. The average molecular weight is 1450 g/mol. The molecule has 0 bridgehead atoms. The molecular weight excluding hydrogens is 1410 g/mol. The molecule has 0 heterocycles. The molecule has 0 saturated carbocycles. The Morgan fingerprint density at radius 1 is 0.200 bits per heavy atom. The van der Waals surface area contributed by atoms with E-state index in [0.29, 0.717) is 50.3 Å². The zero-order chi connectivity index (χ0) is 49.0. The van der Waals surface area contributed by atoms with E-state index >= 15 is 0 Å². The third-order valence-corrected chi connectivity index (χ3v) is 13.8. The van der Waals surface area contributed by atoms with Crippen molar-refractivity contribution in [1.82, 2.24) is 0 Å². The van der Waals surface area contributed by atoms with Gasteiger partial charge in [0.25, 0.3) is 0 Å². The van der Waals surface area contributed by atoms with Crippen LogP contribution in [0.5, 0.6) is 40.2 Å². The quantitative estimate of drug-likeness (QED) is 0.0710. The number of hydrogen-bond donors (Lipinski definition) is 0. The topological polar surface area (TPSA) is 64.6 Å². The average Bonchev–Trinajstić information content (AvgIpc) is 3.31. The molecule has 8 aromatic carbocycles. The van der Waals surface area contributed by atoms with Crippen molar-refractivity contribution in [3.8, 4) is 40.2 Å². The van der Waals surface area contributed by atoms with Crippen molar-refractivity contribution in [3.05, 3.63) is 232 Å². The fourth-order valence-corrected chi connectivity index (χ4v) is 12.1. The molecule has 0 unspecified atom stereocenters. The maximum Gasteiger partial charge on any atom is 0.122 e. The summed E-state index contributed by atoms with van der Waals surface area (Å²) >= 11 is 28.5. The van der Waals surface area contributed by atoms with Crippen molar-refractivity contribution in [2.24, 2.45) is 0 Å². The van der Waals surface area contributed by atoms with Crippen LogP contribution in [0.3, 0.4) is 0 Å². The first-order chi connectivity index (χ1) is 33.8. The number of hydrogen-bond acceptors (Lipinski definition) is 7. The second-order valence-electron chi connectivity index (χ2n) is 15.9. The van der Waals surface area contributed by atoms with Gasteiger partial charge in [-0.1, -0.05) is 158 Å². The highest BCUT2D eigenvalue weighted by Gasteiger charge is 2.12. The van der Waals surface area contributed by atoms with Crippen LogP contribution in [0, 0.1) is 0 Å². The lowest BCUT2D eigenvalue weighted by Gasteiger charge is -2.16. The van der Waals surface area contributed by atoms with Gasteiger partial charge < -0.3 is 33.2 Å². The van der Waals surface area contributed by atoms with E-state index in [1.54, 1.807) is 0 Å². The standard InChI is InChI=1S/C55H40Br8O7/c56-41-15-42(57)20-52(19-41)67-30-37-7-38(31-68-53-21-43(58)16-44(59)22-53)12-50(11-37)65-28-35-6-36(10-49(9-35)64-27-34-4-2-1-3-5-34)29-66-51-13-39(32-69-54-23-45(60)17-46(61)24-54)8-40(14-51)33-70-55-25-47(62)18-48(63)26-55/h1-26H,27-33H2. The van der Waals surface area contributed by atoms with Gasteiger partial charge in [-0.3, -0.25) is 0 Å². The number of benzene rings is 8. The molecule has 0 N–H and O–H groups in total. The molecule has 0 aliphatic rings. The molecule has 0 saturated heterocycles. The van der Waals surface area contributed by atoms with Crippen molar-refractivity contribution in [3.63, 3.8) is 0 Å². The third-order valence-electron chi connectivity index (χ3n) is 10.1. The highest BCUT2D eigenvalue weighted by Crippen LogP contribution is 2.32. The van der Waals surface area contributed by atoms with Crippen LogP contribution in [0.25, 0.3) is 0 Å². The molecule has 8 aromatic rings. The Bertz CT molecular complexity index is 2670. The summed E-state index contributed by atoms with van der Waals surface area (Å²) in [5.41, 5.74) is 6.54. The van der Waals surface area contributed by atoms with E-state index < -0.39 is 0 Å². The molecule has 0 aliphatic heterocycles. The summed E-state index contributed by atoms with van der Waals surface area (Å²) in [5, 5.41) is 0. The summed E-state index contributed by atoms with van der Waals surface area (Å²) in [5.74, 6) is 4.91. The van der Waals surface area contributed by atoms with Crippen LogP contribution < -0.4 is 33.2 Å². The van der Waals surface area contributed by atoms with Crippen molar-refractivity contribution >= 4 is 127 Å². The molecule has 0 radical (unpaired) electrons. The number of ether oxygens (including phenoxy) is 7. The first kappa shape index (κ1) is 52.5. The normalized spacial score (nSPS) is 11.0. The second kappa shape index (κ2) is 25.7. The Balaban J connectivity index is 1.04. The Kier molecular flexibility index (Phi) is 19.3. The molecule has 0 aromatic heterocycles.